The second-order valence-corrected chi connectivity index (χ2v) is 8.22. The van der Waals surface area contributed by atoms with Crippen LogP contribution in [0, 0.1) is 0 Å². The molecule has 0 fully saturated rings. The predicted molar refractivity (Wildman–Crippen MR) is 110 cm³/mol. The van der Waals surface area contributed by atoms with E-state index in [9.17, 15) is 18.0 Å². The third kappa shape index (κ3) is 3.78. The SMILES string of the molecule is NS(=O)(=O)c1ccc(NC(=O)C=C2CCNC(=O)c3[nH]c4ccccc4c32)cc1. The van der Waals surface area contributed by atoms with E-state index in [1.54, 1.807) is 0 Å². The third-order valence-corrected chi connectivity index (χ3v) is 5.62. The Kier molecular flexibility index (Phi) is 4.69. The van der Waals surface area contributed by atoms with Crippen molar-refractivity contribution in [2.45, 2.75) is 11.3 Å². The number of primary sulfonamides is 1. The van der Waals surface area contributed by atoms with Crippen molar-refractivity contribution in [3.63, 3.8) is 0 Å². The molecule has 0 saturated heterocycles. The molecule has 2 aromatic carbocycles. The lowest BCUT2D eigenvalue weighted by atomic mass is 9.99. The number of benzene rings is 2. The first kappa shape index (κ1) is 18.9. The summed E-state index contributed by atoms with van der Waals surface area (Å²) >= 11 is 0. The molecule has 2 heterocycles. The van der Waals surface area contributed by atoms with Gasteiger partial charge in [0.25, 0.3) is 5.91 Å². The summed E-state index contributed by atoms with van der Waals surface area (Å²) < 4.78 is 22.7. The van der Waals surface area contributed by atoms with Crippen molar-refractivity contribution in [1.82, 2.24) is 10.3 Å². The van der Waals surface area contributed by atoms with E-state index >= 15 is 0 Å². The van der Waals surface area contributed by atoms with E-state index in [1.807, 2.05) is 24.3 Å². The molecule has 1 aliphatic rings. The van der Waals surface area contributed by atoms with Crippen LogP contribution in [0.15, 0.2) is 59.5 Å². The first-order valence-electron chi connectivity index (χ1n) is 8.86. The molecule has 0 unspecified atom stereocenters. The van der Waals surface area contributed by atoms with Crippen LogP contribution in [0.5, 0.6) is 0 Å². The second kappa shape index (κ2) is 7.19. The molecule has 1 aromatic heterocycles. The number of hydrogen-bond acceptors (Lipinski definition) is 4. The molecular formula is C20H18N4O4S. The second-order valence-electron chi connectivity index (χ2n) is 6.65. The standard InChI is InChI=1S/C20H18N4O4S/c21-29(27,28)14-7-5-13(6-8-14)23-17(25)11-12-9-10-22-20(26)19-18(12)15-3-1-2-4-16(15)24-19/h1-8,11,24H,9-10H2,(H,22,26)(H,23,25)(H2,21,27,28). The number of para-hydroxylation sites is 1. The zero-order chi connectivity index (χ0) is 20.6. The van der Waals surface area contributed by atoms with Gasteiger partial charge in [0.2, 0.25) is 15.9 Å². The fraction of sp³-hybridized carbons (Fsp3) is 0.100. The van der Waals surface area contributed by atoms with E-state index in [2.05, 4.69) is 15.6 Å². The van der Waals surface area contributed by atoms with Crippen molar-refractivity contribution < 1.29 is 18.0 Å². The minimum atomic E-state index is -3.79. The van der Waals surface area contributed by atoms with Crippen LogP contribution < -0.4 is 15.8 Å². The van der Waals surface area contributed by atoms with Gasteiger partial charge in [-0.3, -0.25) is 9.59 Å². The molecule has 148 valence electrons. The van der Waals surface area contributed by atoms with E-state index in [1.165, 1.54) is 30.3 Å². The molecule has 4 rings (SSSR count). The smallest absolute Gasteiger partial charge is 0.268 e. The van der Waals surface area contributed by atoms with E-state index in [0.717, 1.165) is 22.0 Å². The van der Waals surface area contributed by atoms with Gasteiger partial charge >= 0.3 is 0 Å². The quantitative estimate of drug-likeness (QED) is 0.491. The van der Waals surface area contributed by atoms with Crippen LogP contribution in [-0.4, -0.2) is 31.8 Å². The van der Waals surface area contributed by atoms with E-state index in [4.69, 9.17) is 5.14 Å². The molecule has 29 heavy (non-hydrogen) atoms. The number of H-pyrrole nitrogens is 1. The minimum Gasteiger partial charge on any atom is -0.350 e. The number of carbonyl (C=O) groups excluding carboxylic acids is 2. The predicted octanol–water partition coefficient (Wildman–Crippen LogP) is 1.97. The molecule has 0 spiro atoms. The Labute approximate surface area is 166 Å². The van der Waals surface area contributed by atoms with Gasteiger partial charge in [-0.15, -0.1) is 0 Å². The summed E-state index contributed by atoms with van der Waals surface area (Å²) in [6.45, 7) is 0.415. The Morgan fingerprint density at radius 2 is 1.83 bits per heavy atom. The summed E-state index contributed by atoms with van der Waals surface area (Å²) in [5, 5.41) is 11.5. The normalized spacial score (nSPS) is 15.6. The number of rotatable bonds is 3. The summed E-state index contributed by atoms with van der Waals surface area (Å²) in [6, 6.07) is 13.1. The molecule has 5 N–H and O–H groups in total. The van der Waals surface area contributed by atoms with Gasteiger partial charge in [0.15, 0.2) is 0 Å². The van der Waals surface area contributed by atoms with Gasteiger partial charge in [-0.25, -0.2) is 13.6 Å². The van der Waals surface area contributed by atoms with Crippen molar-refractivity contribution in [3.05, 3.63) is 65.9 Å². The Bertz CT molecular complexity index is 1260. The lowest BCUT2D eigenvalue weighted by Crippen LogP contribution is -2.22. The lowest BCUT2D eigenvalue weighted by Gasteiger charge is -2.07. The number of aromatic amines is 1. The number of anilines is 1. The number of sulfonamides is 1. The monoisotopic (exact) mass is 410 g/mol. The fourth-order valence-corrected chi connectivity index (χ4v) is 3.89. The van der Waals surface area contributed by atoms with Crippen LogP contribution in [0.4, 0.5) is 5.69 Å². The topological polar surface area (TPSA) is 134 Å². The molecule has 8 nitrogen and oxygen atoms in total. The number of nitrogens with two attached hydrogens (primary N) is 1. The Morgan fingerprint density at radius 3 is 2.55 bits per heavy atom. The maximum atomic E-state index is 12.6. The third-order valence-electron chi connectivity index (χ3n) is 4.69. The first-order chi connectivity index (χ1) is 13.8. The van der Waals surface area contributed by atoms with Gasteiger partial charge in [-0.2, -0.15) is 0 Å². The van der Waals surface area contributed by atoms with Crippen LogP contribution in [0.1, 0.15) is 22.5 Å². The maximum Gasteiger partial charge on any atom is 0.268 e. The van der Waals surface area contributed by atoms with Crippen LogP contribution >= 0.6 is 0 Å². The number of aromatic nitrogens is 1. The maximum absolute atomic E-state index is 12.6. The van der Waals surface area contributed by atoms with Gasteiger partial charge in [-0.05, 0) is 42.3 Å². The van der Waals surface area contributed by atoms with Crippen molar-refractivity contribution >= 4 is 44.0 Å². The zero-order valence-corrected chi connectivity index (χ0v) is 16.0. The van der Waals surface area contributed by atoms with E-state index in [0.29, 0.717) is 24.3 Å². The van der Waals surface area contributed by atoms with Crippen LogP contribution in [0.2, 0.25) is 0 Å². The molecular weight excluding hydrogens is 392 g/mol. The average Bonchev–Trinajstić information content (AvgIpc) is 2.99. The van der Waals surface area contributed by atoms with Crippen LogP contribution in [0.3, 0.4) is 0 Å². The lowest BCUT2D eigenvalue weighted by molar-refractivity contribution is -0.111. The summed E-state index contributed by atoms with van der Waals surface area (Å²) in [5.74, 6) is -0.590. The Morgan fingerprint density at radius 1 is 1.10 bits per heavy atom. The fourth-order valence-electron chi connectivity index (χ4n) is 3.38. The molecule has 0 aliphatic carbocycles. The molecule has 2 amide bonds. The molecule has 3 aromatic rings. The largest absolute Gasteiger partial charge is 0.350 e. The minimum absolute atomic E-state index is 0.0364. The summed E-state index contributed by atoms with van der Waals surface area (Å²) in [4.78, 5) is 28.0. The molecule has 0 radical (unpaired) electrons. The number of amides is 2. The first-order valence-corrected chi connectivity index (χ1v) is 10.4. The van der Waals surface area contributed by atoms with Crippen LogP contribution in [-0.2, 0) is 14.8 Å². The summed E-state index contributed by atoms with van der Waals surface area (Å²) in [6.07, 6.45) is 1.96. The molecule has 9 heteroatoms. The molecule has 0 saturated carbocycles. The van der Waals surface area contributed by atoms with Gasteiger partial charge in [0.05, 0.1) is 4.90 Å². The highest BCUT2D eigenvalue weighted by atomic mass is 32.2. The van der Waals surface area contributed by atoms with Crippen molar-refractivity contribution in [2.75, 3.05) is 11.9 Å². The van der Waals surface area contributed by atoms with E-state index < -0.39 is 10.0 Å². The van der Waals surface area contributed by atoms with Gasteiger partial charge in [-0.1, -0.05) is 18.2 Å². The van der Waals surface area contributed by atoms with Crippen molar-refractivity contribution in [1.29, 1.82) is 0 Å². The van der Waals surface area contributed by atoms with Crippen molar-refractivity contribution in [2.24, 2.45) is 5.14 Å². The number of hydrogen-bond donors (Lipinski definition) is 4. The Hall–Kier alpha value is -3.43. The number of nitrogens with one attached hydrogen (secondary N) is 3. The molecule has 0 atom stereocenters. The summed E-state index contributed by atoms with van der Waals surface area (Å²) in [7, 11) is -3.79. The molecule has 0 bridgehead atoms. The van der Waals surface area contributed by atoms with Crippen LogP contribution in [0.25, 0.3) is 16.5 Å². The van der Waals surface area contributed by atoms with E-state index in [-0.39, 0.29) is 16.7 Å². The highest BCUT2D eigenvalue weighted by Gasteiger charge is 2.24. The van der Waals surface area contributed by atoms with Gasteiger partial charge < -0.3 is 15.6 Å². The molecule has 1 aliphatic heterocycles. The van der Waals surface area contributed by atoms with Crippen molar-refractivity contribution in [3.8, 4) is 0 Å². The average molecular weight is 410 g/mol. The van der Waals surface area contributed by atoms with Gasteiger partial charge in [0.1, 0.15) is 5.69 Å². The highest BCUT2D eigenvalue weighted by Crippen LogP contribution is 2.32. The highest BCUT2D eigenvalue weighted by molar-refractivity contribution is 7.89. The number of carbonyl (C=O) groups is 2. The van der Waals surface area contributed by atoms with Gasteiger partial charge in [0, 0.05) is 34.8 Å². The summed E-state index contributed by atoms with van der Waals surface area (Å²) in [5.41, 5.74) is 3.13. The number of fused-ring (bicyclic) bond motifs is 3. The zero-order valence-electron chi connectivity index (χ0n) is 15.2. The Balaban J connectivity index is 1.66.